The molecule has 5 nitrogen and oxygen atoms in total. The van der Waals surface area contributed by atoms with Crippen LogP contribution in [-0.2, 0) is 11.4 Å². The van der Waals surface area contributed by atoms with Crippen LogP contribution in [0.4, 0.5) is 0 Å². The van der Waals surface area contributed by atoms with Gasteiger partial charge in [0, 0.05) is 37.2 Å². The van der Waals surface area contributed by atoms with Gasteiger partial charge in [-0.15, -0.1) is 0 Å². The van der Waals surface area contributed by atoms with E-state index < -0.39 is 0 Å². The van der Waals surface area contributed by atoms with Crippen LogP contribution in [0.5, 0.6) is 5.75 Å². The van der Waals surface area contributed by atoms with Crippen molar-refractivity contribution in [2.24, 2.45) is 5.41 Å². The molecule has 0 N–H and O–H groups in total. The van der Waals surface area contributed by atoms with Crippen LogP contribution in [0.25, 0.3) is 0 Å². The van der Waals surface area contributed by atoms with Crippen molar-refractivity contribution in [1.29, 1.82) is 0 Å². The zero-order valence-electron chi connectivity index (χ0n) is 16.9. The number of hydrogen-bond acceptors (Lipinski definition) is 3. The predicted octanol–water partition coefficient (Wildman–Crippen LogP) is 3.60. The monoisotopic (exact) mass is 380 g/mol. The summed E-state index contributed by atoms with van der Waals surface area (Å²) in [7, 11) is 0. The first kappa shape index (κ1) is 19.9. The van der Waals surface area contributed by atoms with Gasteiger partial charge in [-0.25, -0.2) is 0 Å². The van der Waals surface area contributed by atoms with E-state index in [9.17, 15) is 9.59 Å². The molecule has 28 heavy (non-hydrogen) atoms. The molecule has 2 aromatic rings. The Hall–Kier alpha value is -2.82. The number of hydrogen-bond donors (Lipinski definition) is 0. The number of para-hydroxylation sites is 1. The normalized spacial score (nSPS) is 14.7. The Morgan fingerprint density at radius 1 is 0.857 bits per heavy atom. The number of nitrogens with zero attached hydrogens (tertiary/aromatic N) is 2. The van der Waals surface area contributed by atoms with Gasteiger partial charge < -0.3 is 14.5 Å². The first-order chi connectivity index (χ1) is 13.3. The molecule has 0 spiro atoms. The number of piperazine rings is 1. The highest BCUT2D eigenvalue weighted by molar-refractivity contribution is 5.94. The van der Waals surface area contributed by atoms with E-state index in [-0.39, 0.29) is 17.2 Å². The Morgan fingerprint density at radius 3 is 2.00 bits per heavy atom. The van der Waals surface area contributed by atoms with Crippen LogP contribution in [-0.4, -0.2) is 47.8 Å². The second-order valence-electron chi connectivity index (χ2n) is 8.13. The van der Waals surface area contributed by atoms with Crippen molar-refractivity contribution in [3.05, 3.63) is 65.7 Å². The fourth-order valence-corrected chi connectivity index (χ4v) is 3.20. The maximum Gasteiger partial charge on any atom is 0.253 e. The summed E-state index contributed by atoms with van der Waals surface area (Å²) in [4.78, 5) is 28.8. The van der Waals surface area contributed by atoms with Crippen molar-refractivity contribution in [2.45, 2.75) is 27.4 Å². The van der Waals surface area contributed by atoms with E-state index in [0.29, 0.717) is 38.3 Å². The van der Waals surface area contributed by atoms with Crippen molar-refractivity contribution in [1.82, 2.24) is 9.80 Å². The lowest BCUT2D eigenvalue weighted by Crippen LogP contribution is -2.53. The standard InChI is InChI=1S/C23H28N2O3/c1-23(2,3)22(27)25-15-13-24(14-16-25)21(26)19-11-9-18(10-12-19)17-28-20-7-5-4-6-8-20/h4-12H,13-17H2,1-3H3. The highest BCUT2D eigenvalue weighted by Gasteiger charge is 2.31. The lowest BCUT2D eigenvalue weighted by molar-refractivity contribution is -0.140. The van der Waals surface area contributed by atoms with Crippen molar-refractivity contribution in [3.8, 4) is 5.75 Å². The van der Waals surface area contributed by atoms with Crippen LogP contribution in [0, 0.1) is 5.41 Å². The van der Waals surface area contributed by atoms with Gasteiger partial charge in [0.05, 0.1) is 0 Å². The Kier molecular flexibility index (Phi) is 6.02. The first-order valence-corrected chi connectivity index (χ1v) is 9.70. The molecular formula is C23H28N2O3. The topological polar surface area (TPSA) is 49.9 Å². The highest BCUT2D eigenvalue weighted by atomic mass is 16.5. The van der Waals surface area contributed by atoms with Crippen LogP contribution in [0.3, 0.4) is 0 Å². The Balaban J connectivity index is 1.53. The number of carbonyl (C=O) groups excluding carboxylic acids is 2. The molecule has 2 amide bonds. The third kappa shape index (κ3) is 4.91. The van der Waals surface area contributed by atoms with Gasteiger partial charge in [0.15, 0.2) is 0 Å². The minimum Gasteiger partial charge on any atom is -0.489 e. The number of carbonyl (C=O) groups is 2. The molecule has 5 heteroatoms. The molecule has 0 aliphatic carbocycles. The Morgan fingerprint density at radius 2 is 1.43 bits per heavy atom. The molecule has 1 aliphatic heterocycles. The summed E-state index contributed by atoms with van der Waals surface area (Å²) >= 11 is 0. The van der Waals surface area contributed by atoms with Crippen molar-refractivity contribution in [3.63, 3.8) is 0 Å². The van der Waals surface area contributed by atoms with Crippen LogP contribution in [0.2, 0.25) is 0 Å². The quantitative estimate of drug-likeness (QED) is 0.814. The molecule has 1 saturated heterocycles. The Labute approximate surface area is 166 Å². The summed E-state index contributed by atoms with van der Waals surface area (Å²) < 4.78 is 5.74. The van der Waals surface area contributed by atoms with E-state index in [1.54, 1.807) is 0 Å². The average molecular weight is 380 g/mol. The van der Waals surface area contributed by atoms with E-state index >= 15 is 0 Å². The maximum atomic E-state index is 12.8. The molecule has 0 radical (unpaired) electrons. The molecule has 0 aromatic heterocycles. The fourth-order valence-electron chi connectivity index (χ4n) is 3.20. The van der Waals surface area contributed by atoms with Crippen molar-refractivity contribution < 1.29 is 14.3 Å². The molecule has 0 unspecified atom stereocenters. The maximum absolute atomic E-state index is 12.8. The molecule has 3 rings (SSSR count). The summed E-state index contributed by atoms with van der Waals surface area (Å²) in [6.07, 6.45) is 0. The average Bonchev–Trinajstić information content (AvgIpc) is 2.72. The Bertz CT molecular complexity index is 802. The largest absolute Gasteiger partial charge is 0.489 e. The number of benzene rings is 2. The third-order valence-corrected chi connectivity index (χ3v) is 4.85. The van der Waals surface area contributed by atoms with Gasteiger partial charge in [-0.1, -0.05) is 51.1 Å². The molecule has 2 aromatic carbocycles. The zero-order chi connectivity index (χ0) is 20.1. The summed E-state index contributed by atoms with van der Waals surface area (Å²) in [5.74, 6) is 0.978. The van der Waals surface area contributed by atoms with Gasteiger partial charge in [0.25, 0.3) is 5.91 Å². The van der Waals surface area contributed by atoms with Gasteiger partial charge in [0.1, 0.15) is 12.4 Å². The van der Waals surface area contributed by atoms with Crippen molar-refractivity contribution in [2.75, 3.05) is 26.2 Å². The van der Waals surface area contributed by atoms with Gasteiger partial charge >= 0.3 is 0 Å². The van der Waals surface area contributed by atoms with Crippen molar-refractivity contribution >= 4 is 11.8 Å². The second kappa shape index (κ2) is 8.46. The SMILES string of the molecule is CC(C)(C)C(=O)N1CCN(C(=O)c2ccc(COc3ccccc3)cc2)CC1. The van der Waals surface area contributed by atoms with E-state index in [0.717, 1.165) is 11.3 Å². The van der Waals surface area contributed by atoms with Crippen LogP contribution in [0.15, 0.2) is 54.6 Å². The van der Waals surface area contributed by atoms with Gasteiger partial charge in [-0.2, -0.15) is 0 Å². The summed E-state index contributed by atoms with van der Waals surface area (Å²) in [5, 5.41) is 0. The zero-order valence-corrected chi connectivity index (χ0v) is 16.9. The minimum atomic E-state index is -0.385. The summed E-state index contributed by atoms with van der Waals surface area (Å²) in [6, 6.07) is 17.2. The number of amides is 2. The molecule has 0 atom stereocenters. The van der Waals surface area contributed by atoms with Crippen LogP contribution in [0.1, 0.15) is 36.7 Å². The van der Waals surface area contributed by atoms with E-state index in [2.05, 4.69) is 0 Å². The minimum absolute atomic E-state index is 0.0124. The molecule has 1 fully saturated rings. The van der Waals surface area contributed by atoms with E-state index in [1.807, 2.05) is 85.2 Å². The molecule has 0 saturated carbocycles. The van der Waals surface area contributed by atoms with Crippen LogP contribution >= 0.6 is 0 Å². The molecular weight excluding hydrogens is 352 g/mol. The third-order valence-electron chi connectivity index (χ3n) is 4.85. The van der Waals surface area contributed by atoms with E-state index in [4.69, 9.17) is 4.74 Å². The first-order valence-electron chi connectivity index (χ1n) is 9.70. The van der Waals surface area contributed by atoms with Gasteiger partial charge in [-0.05, 0) is 29.8 Å². The van der Waals surface area contributed by atoms with E-state index in [1.165, 1.54) is 0 Å². The summed E-state index contributed by atoms with van der Waals surface area (Å²) in [6.45, 7) is 8.56. The smallest absolute Gasteiger partial charge is 0.253 e. The molecule has 1 aliphatic rings. The number of ether oxygens (including phenoxy) is 1. The second-order valence-corrected chi connectivity index (χ2v) is 8.13. The summed E-state index contributed by atoms with van der Waals surface area (Å²) in [5.41, 5.74) is 1.30. The van der Waals surface area contributed by atoms with Gasteiger partial charge in [0.2, 0.25) is 5.91 Å². The number of rotatable bonds is 4. The fraction of sp³-hybridized carbons (Fsp3) is 0.391. The predicted molar refractivity (Wildman–Crippen MR) is 109 cm³/mol. The molecule has 0 bridgehead atoms. The molecule has 1 heterocycles. The lowest BCUT2D eigenvalue weighted by Gasteiger charge is -2.37. The molecule has 148 valence electrons. The van der Waals surface area contributed by atoms with Crippen LogP contribution < -0.4 is 4.74 Å². The highest BCUT2D eigenvalue weighted by Crippen LogP contribution is 2.19. The van der Waals surface area contributed by atoms with Gasteiger partial charge in [-0.3, -0.25) is 9.59 Å². The lowest BCUT2D eigenvalue weighted by atomic mass is 9.94.